The van der Waals surface area contributed by atoms with Crippen LogP contribution in [0.25, 0.3) is 17.1 Å². The number of anilines is 2. The molecular formula is C36H35N7O6. The van der Waals surface area contributed by atoms with Crippen molar-refractivity contribution in [2.75, 3.05) is 10.6 Å². The van der Waals surface area contributed by atoms with E-state index in [-0.39, 0.29) is 13.2 Å². The van der Waals surface area contributed by atoms with Gasteiger partial charge in [-0.05, 0) is 73.5 Å². The van der Waals surface area contributed by atoms with Gasteiger partial charge >= 0.3 is 12.2 Å². The summed E-state index contributed by atoms with van der Waals surface area (Å²) in [6, 6.07) is 30.9. The van der Waals surface area contributed by atoms with Crippen LogP contribution in [0.3, 0.4) is 0 Å². The minimum absolute atomic E-state index is 0.0976. The summed E-state index contributed by atoms with van der Waals surface area (Å²) in [7, 11) is 0. The zero-order valence-corrected chi connectivity index (χ0v) is 26.8. The highest BCUT2D eigenvalue weighted by molar-refractivity contribution is 5.97. The van der Waals surface area contributed by atoms with Gasteiger partial charge in [-0.2, -0.15) is 0 Å². The second-order valence-electron chi connectivity index (χ2n) is 11.0. The minimum Gasteiger partial charge on any atom is -0.445 e. The predicted molar refractivity (Wildman–Crippen MR) is 183 cm³/mol. The van der Waals surface area contributed by atoms with Crippen LogP contribution in [0.4, 0.5) is 21.0 Å². The van der Waals surface area contributed by atoms with Crippen LogP contribution in [0.15, 0.2) is 116 Å². The summed E-state index contributed by atoms with van der Waals surface area (Å²) < 4.78 is 12.2. The van der Waals surface area contributed by atoms with Crippen LogP contribution in [-0.2, 0) is 32.3 Å². The molecule has 0 saturated heterocycles. The molecule has 0 aliphatic carbocycles. The van der Waals surface area contributed by atoms with Crippen molar-refractivity contribution < 1.29 is 28.7 Å². The van der Waals surface area contributed by atoms with E-state index in [9.17, 15) is 19.2 Å². The van der Waals surface area contributed by atoms with Crippen molar-refractivity contribution in [1.82, 2.24) is 25.4 Å². The third-order valence-electron chi connectivity index (χ3n) is 7.25. The maximum absolute atomic E-state index is 12.7. The van der Waals surface area contributed by atoms with Gasteiger partial charge < -0.3 is 30.7 Å². The lowest BCUT2D eigenvalue weighted by Gasteiger charge is -2.15. The van der Waals surface area contributed by atoms with Gasteiger partial charge in [-0.25, -0.2) is 9.59 Å². The Balaban J connectivity index is 1.11. The summed E-state index contributed by atoms with van der Waals surface area (Å²) in [6.07, 6.45) is 0.177. The molecule has 0 fully saturated rings. The van der Waals surface area contributed by atoms with Gasteiger partial charge in [0.2, 0.25) is 11.8 Å². The SMILES string of the molecule is C[C@H](NC(=O)OCc1ccccc1)C(=O)Nc1ccc(-c2nncn2-c2ccc(NC(=O)[C@H](C)NC(=O)OCc3ccccc3)cc2)cc1. The van der Waals surface area contributed by atoms with Gasteiger partial charge in [0.1, 0.15) is 31.6 Å². The smallest absolute Gasteiger partial charge is 0.408 e. The Labute approximate surface area is 282 Å². The first-order valence-electron chi connectivity index (χ1n) is 15.4. The van der Waals surface area contributed by atoms with Gasteiger partial charge in [-0.15, -0.1) is 10.2 Å². The third-order valence-corrected chi connectivity index (χ3v) is 7.25. The Kier molecular flexibility index (Phi) is 11.3. The molecule has 1 aromatic heterocycles. The van der Waals surface area contributed by atoms with Crippen LogP contribution in [-0.4, -0.2) is 50.8 Å². The molecular weight excluding hydrogens is 626 g/mol. The van der Waals surface area contributed by atoms with E-state index in [4.69, 9.17) is 9.47 Å². The van der Waals surface area contributed by atoms with Gasteiger partial charge in [0.05, 0.1) is 0 Å². The topological polar surface area (TPSA) is 166 Å². The van der Waals surface area contributed by atoms with Gasteiger partial charge in [0.15, 0.2) is 5.82 Å². The molecule has 0 aliphatic heterocycles. The summed E-state index contributed by atoms with van der Waals surface area (Å²) in [4.78, 5) is 49.6. The van der Waals surface area contributed by atoms with Crippen molar-refractivity contribution in [1.29, 1.82) is 0 Å². The van der Waals surface area contributed by atoms with E-state index in [0.29, 0.717) is 17.2 Å². The van der Waals surface area contributed by atoms with E-state index >= 15 is 0 Å². The first-order chi connectivity index (χ1) is 23.7. The molecule has 0 radical (unpaired) electrons. The Bertz CT molecular complexity index is 1730. The molecule has 2 atom stereocenters. The number of hydrogen-bond donors (Lipinski definition) is 4. The van der Waals surface area contributed by atoms with Gasteiger partial charge in [-0.1, -0.05) is 60.7 Å². The van der Waals surface area contributed by atoms with Gasteiger partial charge in [-0.3, -0.25) is 14.2 Å². The quantitative estimate of drug-likeness (QED) is 0.137. The minimum atomic E-state index is -0.834. The van der Waals surface area contributed by atoms with Crippen LogP contribution in [0.5, 0.6) is 0 Å². The number of hydrogen-bond acceptors (Lipinski definition) is 8. The Morgan fingerprint density at radius 3 is 1.55 bits per heavy atom. The van der Waals surface area contributed by atoms with Crippen LogP contribution in [0.1, 0.15) is 25.0 Å². The molecule has 0 unspecified atom stereocenters. The maximum Gasteiger partial charge on any atom is 0.408 e. The van der Waals surface area contributed by atoms with E-state index < -0.39 is 36.1 Å². The molecule has 1 heterocycles. The lowest BCUT2D eigenvalue weighted by atomic mass is 10.1. The van der Waals surface area contributed by atoms with Crippen LogP contribution in [0.2, 0.25) is 0 Å². The lowest BCUT2D eigenvalue weighted by molar-refractivity contribution is -0.118. The van der Waals surface area contributed by atoms with Crippen molar-refractivity contribution >= 4 is 35.4 Å². The van der Waals surface area contributed by atoms with Gasteiger partial charge in [0.25, 0.3) is 0 Å². The molecule has 4 aromatic carbocycles. The van der Waals surface area contributed by atoms with E-state index in [1.165, 1.54) is 0 Å². The average Bonchev–Trinajstić information content (AvgIpc) is 3.61. The van der Waals surface area contributed by atoms with Crippen molar-refractivity contribution in [3.63, 3.8) is 0 Å². The molecule has 0 spiro atoms. The highest BCUT2D eigenvalue weighted by Gasteiger charge is 2.18. The molecule has 0 saturated carbocycles. The number of rotatable bonds is 12. The molecule has 0 bridgehead atoms. The summed E-state index contributed by atoms with van der Waals surface area (Å²) in [5.74, 6) is -0.264. The van der Waals surface area contributed by atoms with Gasteiger partial charge in [0, 0.05) is 22.6 Å². The fraction of sp³-hybridized carbons (Fsp3) is 0.167. The van der Waals surface area contributed by atoms with Crippen LogP contribution in [0, 0.1) is 0 Å². The number of carbonyl (C=O) groups is 4. The Morgan fingerprint density at radius 2 is 1.08 bits per heavy atom. The molecule has 13 heteroatoms. The van der Waals surface area contributed by atoms with Crippen LogP contribution >= 0.6 is 0 Å². The van der Waals surface area contributed by atoms with Crippen molar-refractivity contribution in [3.8, 4) is 17.1 Å². The molecule has 4 amide bonds. The van der Waals surface area contributed by atoms with E-state index in [2.05, 4.69) is 31.5 Å². The summed E-state index contributed by atoms with van der Waals surface area (Å²) in [5, 5.41) is 18.9. The predicted octanol–water partition coefficient (Wildman–Crippen LogP) is 5.44. The third kappa shape index (κ3) is 9.75. The van der Waals surface area contributed by atoms with Crippen molar-refractivity contribution in [2.24, 2.45) is 0 Å². The summed E-state index contributed by atoms with van der Waals surface area (Å²) in [5.41, 5.74) is 4.22. The zero-order valence-electron chi connectivity index (χ0n) is 26.8. The molecule has 4 N–H and O–H groups in total. The number of amides is 4. The average molecular weight is 662 g/mol. The second kappa shape index (κ2) is 16.4. The Hall–Kier alpha value is -6.50. The molecule has 13 nitrogen and oxygen atoms in total. The zero-order chi connectivity index (χ0) is 34.6. The Morgan fingerprint density at radius 1 is 0.633 bits per heavy atom. The number of nitrogens with one attached hydrogen (secondary N) is 4. The largest absolute Gasteiger partial charge is 0.445 e. The van der Waals surface area contributed by atoms with Crippen molar-refractivity contribution in [3.05, 3.63) is 127 Å². The lowest BCUT2D eigenvalue weighted by Crippen LogP contribution is -2.41. The normalized spacial score (nSPS) is 11.8. The monoisotopic (exact) mass is 661 g/mol. The van der Waals surface area contributed by atoms with Crippen LogP contribution < -0.4 is 21.3 Å². The van der Waals surface area contributed by atoms with E-state index in [1.54, 1.807) is 73.3 Å². The fourth-order valence-corrected chi connectivity index (χ4v) is 4.54. The number of alkyl carbamates (subject to hydrolysis) is 2. The number of aromatic nitrogens is 3. The fourth-order valence-electron chi connectivity index (χ4n) is 4.54. The first-order valence-corrected chi connectivity index (χ1v) is 15.4. The molecule has 250 valence electrons. The van der Waals surface area contributed by atoms with E-state index in [1.807, 2.05) is 60.7 Å². The standard InChI is InChI=1S/C36H35N7O6/c1-24(38-35(46)48-21-26-9-5-3-6-10-26)33(44)40-29-15-13-28(14-16-29)32-42-37-23-43(32)31-19-17-30(18-20-31)41-34(45)25(2)39-36(47)49-22-27-11-7-4-8-12-27/h3-20,23-25H,21-22H2,1-2H3,(H,38,46)(H,39,47)(H,40,44)(H,41,45)/t24-,25-/m0/s1. The summed E-state index contributed by atoms with van der Waals surface area (Å²) in [6.45, 7) is 3.32. The van der Waals surface area contributed by atoms with E-state index in [0.717, 1.165) is 22.4 Å². The number of ether oxygens (including phenoxy) is 2. The molecule has 5 rings (SSSR count). The number of carbonyl (C=O) groups excluding carboxylic acids is 4. The number of benzene rings is 4. The molecule has 5 aromatic rings. The maximum atomic E-state index is 12.7. The number of nitrogens with zero attached hydrogens (tertiary/aromatic N) is 3. The molecule has 49 heavy (non-hydrogen) atoms. The summed E-state index contributed by atoms with van der Waals surface area (Å²) >= 11 is 0. The highest BCUT2D eigenvalue weighted by atomic mass is 16.6. The second-order valence-corrected chi connectivity index (χ2v) is 11.0. The highest BCUT2D eigenvalue weighted by Crippen LogP contribution is 2.23. The molecule has 0 aliphatic rings. The first kappa shape index (κ1) is 33.9. The van der Waals surface area contributed by atoms with Crippen molar-refractivity contribution in [2.45, 2.75) is 39.1 Å².